The van der Waals surface area contributed by atoms with Crippen molar-refractivity contribution in [2.45, 2.75) is 26.3 Å². The van der Waals surface area contributed by atoms with Crippen LogP contribution >= 0.6 is 0 Å². The maximum Gasteiger partial charge on any atom is 0.126 e. The maximum absolute atomic E-state index is 13.4. The Balaban J connectivity index is 2.53. The van der Waals surface area contributed by atoms with Crippen molar-refractivity contribution in [1.29, 1.82) is 0 Å². The average Bonchev–Trinajstić information content (AvgIpc) is 2.28. The molecule has 17 heavy (non-hydrogen) atoms. The van der Waals surface area contributed by atoms with Gasteiger partial charge < -0.3 is 10.6 Å². The summed E-state index contributed by atoms with van der Waals surface area (Å²) >= 11 is 0. The van der Waals surface area contributed by atoms with E-state index in [1.54, 1.807) is 6.07 Å². The van der Waals surface area contributed by atoms with Crippen molar-refractivity contribution >= 4 is 0 Å². The summed E-state index contributed by atoms with van der Waals surface area (Å²) in [5.74, 6) is 0.403. The van der Waals surface area contributed by atoms with E-state index in [2.05, 4.69) is 25.8 Å². The molecule has 1 aromatic rings. The molecule has 0 bridgehead atoms. The van der Waals surface area contributed by atoms with Crippen LogP contribution in [0, 0.1) is 11.7 Å². The van der Waals surface area contributed by atoms with E-state index in [1.807, 2.05) is 12.1 Å². The van der Waals surface area contributed by atoms with Gasteiger partial charge >= 0.3 is 0 Å². The maximum atomic E-state index is 13.4. The second-order valence-corrected chi connectivity index (χ2v) is 4.87. The molecule has 1 aromatic carbocycles. The molecule has 0 saturated heterocycles. The quantitative estimate of drug-likeness (QED) is 0.824. The fourth-order valence-corrected chi connectivity index (χ4v) is 2.12. The van der Waals surface area contributed by atoms with Crippen LogP contribution in [0.3, 0.4) is 0 Å². The lowest BCUT2D eigenvalue weighted by Gasteiger charge is -2.30. The lowest BCUT2D eigenvalue weighted by Crippen LogP contribution is -2.42. The molecule has 0 saturated carbocycles. The van der Waals surface area contributed by atoms with E-state index < -0.39 is 0 Å². The van der Waals surface area contributed by atoms with Gasteiger partial charge in [-0.1, -0.05) is 32.0 Å². The lowest BCUT2D eigenvalue weighted by atomic mass is 10.0. The first-order chi connectivity index (χ1) is 8.06. The molecule has 0 aliphatic rings. The van der Waals surface area contributed by atoms with Crippen molar-refractivity contribution in [3.05, 3.63) is 35.6 Å². The fourth-order valence-electron chi connectivity index (χ4n) is 2.12. The first-order valence-electron chi connectivity index (χ1n) is 6.20. The van der Waals surface area contributed by atoms with E-state index in [0.29, 0.717) is 18.5 Å². The van der Waals surface area contributed by atoms with E-state index >= 15 is 0 Å². The van der Waals surface area contributed by atoms with Gasteiger partial charge in [-0.15, -0.1) is 0 Å². The summed E-state index contributed by atoms with van der Waals surface area (Å²) in [6, 6.07) is 7.32. The second-order valence-electron chi connectivity index (χ2n) is 4.87. The monoisotopic (exact) mass is 238 g/mol. The molecule has 0 fully saturated rings. The molecule has 0 spiro atoms. The molecule has 96 valence electrons. The minimum absolute atomic E-state index is 0.116. The zero-order valence-electron chi connectivity index (χ0n) is 11.0. The van der Waals surface area contributed by atoms with Crippen molar-refractivity contribution in [3.8, 4) is 0 Å². The third-order valence-corrected chi connectivity index (χ3v) is 3.27. The van der Waals surface area contributed by atoms with Gasteiger partial charge in [0, 0.05) is 19.1 Å². The molecular formula is C14H23FN2. The predicted molar refractivity (Wildman–Crippen MR) is 70.4 cm³/mol. The van der Waals surface area contributed by atoms with Crippen LogP contribution in [0.1, 0.15) is 19.4 Å². The fraction of sp³-hybridized carbons (Fsp3) is 0.571. The van der Waals surface area contributed by atoms with Gasteiger partial charge in [0.15, 0.2) is 0 Å². The van der Waals surface area contributed by atoms with E-state index in [4.69, 9.17) is 5.73 Å². The Morgan fingerprint density at radius 2 is 1.94 bits per heavy atom. The van der Waals surface area contributed by atoms with Crippen LogP contribution in [0.4, 0.5) is 4.39 Å². The number of nitrogens with two attached hydrogens (primary N) is 1. The van der Waals surface area contributed by atoms with Gasteiger partial charge in [0.05, 0.1) is 0 Å². The summed E-state index contributed by atoms with van der Waals surface area (Å²) in [7, 11) is 2.05. The summed E-state index contributed by atoms with van der Waals surface area (Å²) in [5, 5.41) is 0. The zero-order valence-corrected chi connectivity index (χ0v) is 11.0. The average molecular weight is 238 g/mol. The van der Waals surface area contributed by atoms with Crippen molar-refractivity contribution < 1.29 is 4.39 Å². The van der Waals surface area contributed by atoms with Gasteiger partial charge in [-0.05, 0) is 31.0 Å². The Hall–Kier alpha value is -0.930. The molecule has 0 heterocycles. The Morgan fingerprint density at radius 3 is 2.47 bits per heavy atom. The number of likely N-dealkylation sites (N-methyl/N-ethyl adjacent to an activating group) is 1. The van der Waals surface area contributed by atoms with Crippen molar-refractivity contribution in [2.24, 2.45) is 11.7 Å². The van der Waals surface area contributed by atoms with Crippen LogP contribution in [0.15, 0.2) is 24.3 Å². The summed E-state index contributed by atoms with van der Waals surface area (Å²) in [4.78, 5) is 2.22. The highest BCUT2D eigenvalue weighted by molar-refractivity contribution is 5.17. The Kier molecular flexibility index (Phi) is 5.59. The molecule has 2 nitrogen and oxygen atoms in total. The highest BCUT2D eigenvalue weighted by Gasteiger charge is 2.16. The number of hydrogen-bond acceptors (Lipinski definition) is 2. The topological polar surface area (TPSA) is 29.3 Å². The Labute approximate surface area is 104 Å². The minimum Gasteiger partial charge on any atom is -0.329 e. The van der Waals surface area contributed by atoms with Crippen LogP contribution in [-0.4, -0.2) is 31.1 Å². The van der Waals surface area contributed by atoms with E-state index in [9.17, 15) is 4.39 Å². The molecule has 0 aliphatic heterocycles. The minimum atomic E-state index is -0.116. The van der Waals surface area contributed by atoms with Crippen molar-refractivity contribution in [2.75, 3.05) is 20.1 Å². The van der Waals surface area contributed by atoms with Gasteiger partial charge in [-0.2, -0.15) is 0 Å². The summed E-state index contributed by atoms with van der Waals surface area (Å²) in [6.45, 7) is 5.81. The Bertz CT molecular complexity index is 339. The number of nitrogens with zero attached hydrogens (tertiary/aromatic N) is 1. The van der Waals surface area contributed by atoms with Gasteiger partial charge in [0.25, 0.3) is 0 Å². The van der Waals surface area contributed by atoms with Gasteiger partial charge in [-0.3, -0.25) is 0 Å². The van der Waals surface area contributed by atoms with Crippen molar-refractivity contribution in [1.82, 2.24) is 4.90 Å². The van der Waals surface area contributed by atoms with Gasteiger partial charge in [-0.25, -0.2) is 4.39 Å². The molecule has 2 N–H and O–H groups in total. The molecule has 0 radical (unpaired) electrons. The molecule has 3 heteroatoms. The normalized spacial score (nSPS) is 13.4. The smallest absolute Gasteiger partial charge is 0.126 e. The van der Waals surface area contributed by atoms with Crippen LogP contribution in [0.5, 0.6) is 0 Å². The first-order valence-corrected chi connectivity index (χ1v) is 6.20. The third-order valence-electron chi connectivity index (χ3n) is 3.27. The van der Waals surface area contributed by atoms with Crippen molar-refractivity contribution in [3.63, 3.8) is 0 Å². The first kappa shape index (κ1) is 14.1. The molecule has 0 aromatic heterocycles. The molecule has 0 aliphatic carbocycles. The number of halogens is 1. The number of hydrogen-bond donors (Lipinski definition) is 1. The largest absolute Gasteiger partial charge is 0.329 e. The van der Waals surface area contributed by atoms with E-state index in [1.165, 1.54) is 6.07 Å². The van der Waals surface area contributed by atoms with Gasteiger partial charge in [0.1, 0.15) is 5.82 Å². The van der Waals surface area contributed by atoms with Crippen LogP contribution < -0.4 is 5.73 Å². The summed E-state index contributed by atoms with van der Waals surface area (Å²) < 4.78 is 13.4. The zero-order chi connectivity index (χ0) is 12.8. The number of benzene rings is 1. The predicted octanol–water partition coefficient (Wildman–Crippen LogP) is 2.28. The highest BCUT2D eigenvalue weighted by atomic mass is 19.1. The summed E-state index contributed by atoms with van der Waals surface area (Å²) in [6.07, 6.45) is 0.729. The Morgan fingerprint density at radius 1 is 1.29 bits per heavy atom. The van der Waals surface area contributed by atoms with Crippen LogP contribution in [0.25, 0.3) is 0 Å². The molecule has 1 rings (SSSR count). The summed E-state index contributed by atoms with van der Waals surface area (Å²) in [5.41, 5.74) is 6.53. The lowest BCUT2D eigenvalue weighted by molar-refractivity contribution is 0.199. The van der Waals surface area contributed by atoms with Gasteiger partial charge in [0.2, 0.25) is 0 Å². The second kappa shape index (κ2) is 6.72. The van der Waals surface area contributed by atoms with Crippen LogP contribution in [0.2, 0.25) is 0 Å². The molecular weight excluding hydrogens is 215 g/mol. The highest BCUT2D eigenvalue weighted by Crippen LogP contribution is 2.11. The van der Waals surface area contributed by atoms with E-state index in [0.717, 1.165) is 18.5 Å². The third kappa shape index (κ3) is 4.10. The number of rotatable bonds is 6. The molecule has 1 atom stereocenters. The molecule has 1 unspecified atom stereocenters. The standard InChI is InChI=1S/C14H23FN2/c1-11(2)14(10-16)17(3)9-8-12-6-4-5-7-13(12)15/h4-7,11,14H,8-10,16H2,1-3H3. The van der Waals surface area contributed by atoms with E-state index in [-0.39, 0.29) is 5.82 Å². The SMILES string of the molecule is CC(C)C(CN)N(C)CCc1ccccc1F. The van der Waals surface area contributed by atoms with Crippen LogP contribution in [-0.2, 0) is 6.42 Å². The molecule has 0 amide bonds.